The zero-order valence-corrected chi connectivity index (χ0v) is 14.4. The summed E-state index contributed by atoms with van der Waals surface area (Å²) < 4.78 is 4.91. The first-order chi connectivity index (χ1) is 8.16. The number of nitrogens with one attached hydrogen (secondary N) is 1. The molecule has 110 valence electrons. The van der Waals surface area contributed by atoms with E-state index in [9.17, 15) is 0 Å². The number of unbranched alkanes of at least 4 members (excludes halogenated alkanes) is 3. The number of hydrogen-bond donors (Lipinski definition) is 2. The summed E-state index contributed by atoms with van der Waals surface area (Å²) >= 11 is 0. The third kappa shape index (κ3) is 16.0. The molecule has 0 saturated carbocycles. The van der Waals surface area contributed by atoms with Crippen molar-refractivity contribution >= 4 is 29.9 Å². The van der Waals surface area contributed by atoms with E-state index >= 15 is 0 Å². The lowest BCUT2D eigenvalue weighted by Crippen LogP contribution is -2.34. The summed E-state index contributed by atoms with van der Waals surface area (Å²) in [5.41, 5.74) is 5.68. The van der Waals surface area contributed by atoms with Crippen molar-refractivity contribution < 1.29 is 4.74 Å². The molecule has 0 amide bonds. The van der Waals surface area contributed by atoms with Crippen LogP contribution in [0.2, 0.25) is 0 Å². The molecule has 0 saturated heterocycles. The molecule has 0 aromatic carbocycles. The van der Waals surface area contributed by atoms with E-state index in [0.717, 1.165) is 25.4 Å². The van der Waals surface area contributed by atoms with Gasteiger partial charge in [-0.15, -0.1) is 24.0 Å². The monoisotopic (exact) mass is 371 g/mol. The van der Waals surface area contributed by atoms with Gasteiger partial charge in [-0.2, -0.15) is 0 Å². The molecule has 0 atom stereocenters. The second-order valence-corrected chi connectivity index (χ2v) is 4.78. The van der Waals surface area contributed by atoms with Crippen LogP contribution in [-0.2, 0) is 4.74 Å². The van der Waals surface area contributed by atoms with E-state index in [2.05, 4.69) is 24.2 Å². The Hall–Kier alpha value is -0.0400. The Morgan fingerprint density at radius 1 is 1.22 bits per heavy atom. The number of rotatable bonds is 10. The Morgan fingerprint density at radius 3 is 2.50 bits per heavy atom. The van der Waals surface area contributed by atoms with Crippen molar-refractivity contribution in [3.8, 4) is 0 Å². The molecule has 0 spiro atoms. The molecule has 0 heterocycles. The van der Waals surface area contributed by atoms with Gasteiger partial charge in [-0.3, -0.25) is 4.99 Å². The molecule has 0 bridgehead atoms. The zero-order valence-electron chi connectivity index (χ0n) is 12.1. The minimum Gasteiger partial charge on any atom is -0.383 e. The van der Waals surface area contributed by atoms with Crippen molar-refractivity contribution in [2.24, 2.45) is 16.6 Å². The zero-order chi connectivity index (χ0) is 12.9. The molecule has 0 aliphatic heterocycles. The largest absolute Gasteiger partial charge is 0.383 e. The Kier molecular flexibility index (Phi) is 16.9. The van der Waals surface area contributed by atoms with Crippen LogP contribution in [0.5, 0.6) is 0 Å². The van der Waals surface area contributed by atoms with Crippen molar-refractivity contribution in [3.05, 3.63) is 0 Å². The van der Waals surface area contributed by atoms with Gasteiger partial charge in [0.05, 0.1) is 6.61 Å². The fourth-order valence-electron chi connectivity index (χ4n) is 1.55. The number of aliphatic imine (C=N–C) groups is 1. The molecule has 4 nitrogen and oxygen atoms in total. The minimum absolute atomic E-state index is 0. The van der Waals surface area contributed by atoms with E-state index in [1.807, 2.05) is 0 Å². The Labute approximate surface area is 129 Å². The van der Waals surface area contributed by atoms with Crippen molar-refractivity contribution in [3.63, 3.8) is 0 Å². The maximum atomic E-state index is 5.68. The van der Waals surface area contributed by atoms with Gasteiger partial charge in [0.15, 0.2) is 5.96 Å². The van der Waals surface area contributed by atoms with Crippen LogP contribution in [-0.4, -0.2) is 32.8 Å². The lowest BCUT2D eigenvalue weighted by atomic mass is 10.0. The topological polar surface area (TPSA) is 59.6 Å². The van der Waals surface area contributed by atoms with Crippen LogP contribution in [0.1, 0.15) is 46.0 Å². The highest BCUT2D eigenvalue weighted by Gasteiger charge is 1.94. The molecule has 0 rings (SSSR count). The lowest BCUT2D eigenvalue weighted by molar-refractivity contribution is 0.204. The molecule has 0 radical (unpaired) electrons. The summed E-state index contributed by atoms with van der Waals surface area (Å²) in [6, 6.07) is 0. The fourth-order valence-corrected chi connectivity index (χ4v) is 1.55. The predicted molar refractivity (Wildman–Crippen MR) is 89.7 cm³/mol. The molecular weight excluding hydrogens is 341 g/mol. The smallest absolute Gasteiger partial charge is 0.188 e. The molecule has 0 aliphatic rings. The van der Waals surface area contributed by atoms with E-state index < -0.39 is 0 Å². The fraction of sp³-hybridized carbons (Fsp3) is 0.923. The number of ether oxygens (including phenoxy) is 1. The third-order valence-corrected chi connectivity index (χ3v) is 2.58. The SMILES string of the molecule is COCCNC(N)=NCCCCCCC(C)C.I. The highest BCUT2D eigenvalue weighted by Crippen LogP contribution is 2.09. The first kappa shape index (κ1) is 20.3. The Balaban J connectivity index is 0. The van der Waals surface area contributed by atoms with Gasteiger partial charge < -0.3 is 15.8 Å². The quantitative estimate of drug-likeness (QED) is 0.269. The minimum atomic E-state index is 0. The van der Waals surface area contributed by atoms with E-state index in [0.29, 0.717) is 12.6 Å². The highest BCUT2D eigenvalue weighted by atomic mass is 127. The van der Waals surface area contributed by atoms with Gasteiger partial charge in [-0.05, 0) is 12.3 Å². The summed E-state index contributed by atoms with van der Waals surface area (Å²) in [5, 5.41) is 3.00. The number of nitrogens with zero attached hydrogens (tertiary/aromatic N) is 1. The molecule has 0 aromatic heterocycles. The van der Waals surface area contributed by atoms with E-state index in [4.69, 9.17) is 10.5 Å². The average Bonchev–Trinajstić information content (AvgIpc) is 2.28. The van der Waals surface area contributed by atoms with Crippen LogP contribution in [0.3, 0.4) is 0 Å². The summed E-state index contributed by atoms with van der Waals surface area (Å²) in [6.07, 6.45) is 6.37. The lowest BCUT2D eigenvalue weighted by Gasteiger charge is -2.05. The summed E-state index contributed by atoms with van der Waals surface area (Å²) in [4.78, 5) is 4.26. The van der Waals surface area contributed by atoms with Crippen LogP contribution in [0, 0.1) is 5.92 Å². The van der Waals surface area contributed by atoms with Crippen LogP contribution < -0.4 is 11.1 Å². The van der Waals surface area contributed by atoms with Gasteiger partial charge in [0, 0.05) is 20.2 Å². The van der Waals surface area contributed by atoms with Gasteiger partial charge in [0.2, 0.25) is 0 Å². The molecule has 0 aliphatic carbocycles. The van der Waals surface area contributed by atoms with Crippen molar-refractivity contribution in [1.29, 1.82) is 0 Å². The maximum Gasteiger partial charge on any atom is 0.188 e. The predicted octanol–water partition coefficient (Wildman–Crippen LogP) is 2.76. The van der Waals surface area contributed by atoms with Crippen molar-refractivity contribution in [2.75, 3.05) is 26.8 Å². The van der Waals surface area contributed by atoms with E-state index in [1.54, 1.807) is 7.11 Å². The second-order valence-electron chi connectivity index (χ2n) is 4.78. The standard InChI is InChI=1S/C13H29N3O.HI/c1-12(2)8-6-4-5-7-9-15-13(14)16-10-11-17-3;/h12H,4-11H2,1-3H3,(H3,14,15,16);1H. The van der Waals surface area contributed by atoms with Crippen LogP contribution in [0.25, 0.3) is 0 Å². The third-order valence-electron chi connectivity index (χ3n) is 2.58. The summed E-state index contributed by atoms with van der Waals surface area (Å²) in [5.74, 6) is 1.36. The van der Waals surface area contributed by atoms with E-state index in [1.165, 1.54) is 25.7 Å². The van der Waals surface area contributed by atoms with Gasteiger partial charge in [-0.25, -0.2) is 0 Å². The normalized spacial score (nSPS) is 11.4. The summed E-state index contributed by atoms with van der Waals surface area (Å²) in [6.45, 7) is 6.76. The number of nitrogens with two attached hydrogens (primary N) is 1. The molecule has 18 heavy (non-hydrogen) atoms. The number of guanidine groups is 1. The van der Waals surface area contributed by atoms with Crippen molar-refractivity contribution in [2.45, 2.75) is 46.0 Å². The molecule has 0 fully saturated rings. The van der Waals surface area contributed by atoms with Crippen LogP contribution in [0.4, 0.5) is 0 Å². The maximum absolute atomic E-state index is 5.68. The Bertz CT molecular complexity index is 199. The first-order valence-corrected chi connectivity index (χ1v) is 6.69. The number of halogens is 1. The van der Waals surface area contributed by atoms with Gasteiger partial charge in [0.1, 0.15) is 0 Å². The van der Waals surface area contributed by atoms with E-state index in [-0.39, 0.29) is 24.0 Å². The van der Waals surface area contributed by atoms with Crippen LogP contribution >= 0.6 is 24.0 Å². The van der Waals surface area contributed by atoms with Gasteiger partial charge >= 0.3 is 0 Å². The molecular formula is C13H30IN3O. The summed E-state index contributed by atoms with van der Waals surface area (Å²) in [7, 11) is 1.67. The molecule has 5 heteroatoms. The second kappa shape index (κ2) is 15.0. The van der Waals surface area contributed by atoms with Gasteiger partial charge in [0.25, 0.3) is 0 Å². The van der Waals surface area contributed by atoms with Crippen molar-refractivity contribution in [1.82, 2.24) is 5.32 Å². The average molecular weight is 371 g/mol. The van der Waals surface area contributed by atoms with Crippen LogP contribution in [0.15, 0.2) is 4.99 Å². The first-order valence-electron chi connectivity index (χ1n) is 6.69. The molecule has 3 N–H and O–H groups in total. The molecule has 0 unspecified atom stereocenters. The number of methoxy groups -OCH3 is 1. The number of hydrogen-bond acceptors (Lipinski definition) is 2. The van der Waals surface area contributed by atoms with Gasteiger partial charge in [-0.1, -0.05) is 39.5 Å². The Morgan fingerprint density at radius 2 is 1.89 bits per heavy atom. The highest BCUT2D eigenvalue weighted by molar-refractivity contribution is 14.0. The molecule has 0 aromatic rings.